The van der Waals surface area contributed by atoms with Gasteiger partial charge >= 0.3 is 16.1 Å². The zero-order valence-corrected chi connectivity index (χ0v) is 16.2. The summed E-state index contributed by atoms with van der Waals surface area (Å²) in [7, 11) is -3.67. The van der Waals surface area contributed by atoms with Crippen LogP contribution in [0.3, 0.4) is 0 Å². The number of halogens is 1. The fraction of sp³-hybridized carbons (Fsp3) is 0.562. The van der Waals surface area contributed by atoms with Gasteiger partial charge in [-0.25, -0.2) is 4.79 Å². The molecule has 8 heteroatoms. The van der Waals surface area contributed by atoms with Crippen LogP contribution >= 0.6 is 11.6 Å². The molecule has 6 nitrogen and oxygen atoms in total. The molecule has 0 heterocycles. The van der Waals surface area contributed by atoms with Gasteiger partial charge in [-0.1, -0.05) is 25.4 Å². The molecular formula is C16H25ClN2O4S. The van der Waals surface area contributed by atoms with E-state index in [0.29, 0.717) is 17.1 Å². The number of nitrogens with one attached hydrogen (secondary N) is 1. The highest BCUT2D eigenvalue weighted by atomic mass is 35.5. The first kappa shape index (κ1) is 20.6. The van der Waals surface area contributed by atoms with Gasteiger partial charge in [-0.2, -0.15) is 8.42 Å². The van der Waals surface area contributed by atoms with Gasteiger partial charge in [-0.05, 0) is 38.0 Å². The van der Waals surface area contributed by atoms with E-state index in [4.69, 9.17) is 15.8 Å². The molecule has 0 aliphatic carbocycles. The van der Waals surface area contributed by atoms with Crippen molar-refractivity contribution in [1.82, 2.24) is 10.2 Å². The second-order valence-electron chi connectivity index (χ2n) is 6.42. The molecule has 0 fully saturated rings. The van der Waals surface area contributed by atoms with Crippen LogP contribution in [0, 0.1) is 5.92 Å². The van der Waals surface area contributed by atoms with Gasteiger partial charge in [-0.15, -0.1) is 0 Å². The molecule has 136 valence electrons. The molecule has 0 saturated carbocycles. The predicted molar refractivity (Wildman–Crippen MR) is 95.8 cm³/mol. The first-order valence-electron chi connectivity index (χ1n) is 7.71. The average molecular weight is 377 g/mol. The molecule has 1 aromatic carbocycles. The van der Waals surface area contributed by atoms with E-state index < -0.39 is 10.1 Å². The third-order valence-electron chi connectivity index (χ3n) is 2.91. The van der Waals surface area contributed by atoms with E-state index in [9.17, 15) is 13.2 Å². The number of hydrogen-bond acceptors (Lipinski definition) is 4. The Morgan fingerprint density at radius 3 is 2.42 bits per heavy atom. The maximum Gasteiger partial charge on any atom is 0.317 e. The van der Waals surface area contributed by atoms with E-state index >= 15 is 0 Å². The molecule has 1 rings (SSSR count). The smallest absolute Gasteiger partial charge is 0.317 e. The number of urea groups is 1. The molecule has 0 unspecified atom stereocenters. The quantitative estimate of drug-likeness (QED) is 0.741. The molecule has 0 aliphatic rings. The molecule has 0 aliphatic heterocycles. The Balaban J connectivity index is 3.11. The lowest BCUT2D eigenvalue weighted by molar-refractivity contribution is 0.185. The highest BCUT2D eigenvalue weighted by Crippen LogP contribution is 2.26. The van der Waals surface area contributed by atoms with Crippen molar-refractivity contribution in [1.29, 1.82) is 0 Å². The maximum absolute atomic E-state index is 12.4. The van der Waals surface area contributed by atoms with E-state index in [0.717, 1.165) is 6.26 Å². The highest BCUT2D eigenvalue weighted by Gasteiger charge is 2.19. The Hall–Kier alpha value is -1.47. The Morgan fingerprint density at radius 1 is 1.29 bits per heavy atom. The fourth-order valence-electron chi connectivity index (χ4n) is 2.12. The zero-order valence-electron chi connectivity index (χ0n) is 14.7. The van der Waals surface area contributed by atoms with Crippen molar-refractivity contribution in [3.8, 4) is 5.75 Å². The van der Waals surface area contributed by atoms with Gasteiger partial charge in [0.1, 0.15) is 5.75 Å². The predicted octanol–water partition coefficient (Wildman–Crippen LogP) is 3.25. The van der Waals surface area contributed by atoms with Crippen molar-refractivity contribution in [2.75, 3.05) is 12.8 Å². The monoisotopic (exact) mass is 376 g/mol. The van der Waals surface area contributed by atoms with Crippen LogP contribution in [0.4, 0.5) is 4.79 Å². The summed E-state index contributed by atoms with van der Waals surface area (Å²) in [6.07, 6.45) is 0.975. The summed E-state index contributed by atoms with van der Waals surface area (Å²) < 4.78 is 27.9. The number of carbonyl (C=O) groups excluding carboxylic acids is 1. The molecule has 0 saturated heterocycles. The first-order chi connectivity index (χ1) is 11.0. The van der Waals surface area contributed by atoms with Gasteiger partial charge in [0.25, 0.3) is 0 Å². The van der Waals surface area contributed by atoms with Crippen LogP contribution in [0.1, 0.15) is 33.3 Å². The number of nitrogens with zero attached hydrogens (tertiary/aromatic N) is 1. The number of carbonyl (C=O) groups is 1. The van der Waals surface area contributed by atoms with E-state index in [-0.39, 0.29) is 30.3 Å². The van der Waals surface area contributed by atoms with Gasteiger partial charge < -0.3 is 14.4 Å². The highest BCUT2D eigenvalue weighted by molar-refractivity contribution is 7.86. The van der Waals surface area contributed by atoms with Crippen molar-refractivity contribution in [3.05, 3.63) is 28.8 Å². The van der Waals surface area contributed by atoms with Gasteiger partial charge in [0.2, 0.25) is 0 Å². The average Bonchev–Trinajstić information content (AvgIpc) is 2.38. The van der Waals surface area contributed by atoms with Gasteiger partial charge in [0.15, 0.2) is 0 Å². The Morgan fingerprint density at radius 2 is 1.92 bits per heavy atom. The molecule has 1 N–H and O–H groups in total. The maximum atomic E-state index is 12.4. The van der Waals surface area contributed by atoms with Crippen LogP contribution < -0.4 is 9.50 Å². The Bertz CT molecular complexity index is 675. The van der Waals surface area contributed by atoms with Gasteiger partial charge in [0, 0.05) is 23.2 Å². The SMILES string of the molecule is CC(C)CN(Cc1cc(Cl)ccc1OS(C)(=O)=O)C(=O)NC(C)C. The molecular weight excluding hydrogens is 352 g/mol. The Kier molecular flexibility index (Phi) is 7.35. The minimum atomic E-state index is -3.67. The summed E-state index contributed by atoms with van der Waals surface area (Å²) in [5, 5.41) is 3.29. The number of hydrogen-bond donors (Lipinski definition) is 1. The van der Waals surface area contributed by atoms with Crippen LogP contribution in [0.25, 0.3) is 0 Å². The number of benzene rings is 1. The lowest BCUT2D eigenvalue weighted by Crippen LogP contribution is -2.44. The van der Waals surface area contributed by atoms with Crippen LogP contribution in [0.2, 0.25) is 5.02 Å². The van der Waals surface area contributed by atoms with Crippen molar-refractivity contribution >= 4 is 27.8 Å². The summed E-state index contributed by atoms with van der Waals surface area (Å²) in [4.78, 5) is 14.0. The van der Waals surface area contributed by atoms with E-state index in [1.54, 1.807) is 17.0 Å². The topological polar surface area (TPSA) is 75.7 Å². The molecule has 0 spiro atoms. The molecule has 24 heavy (non-hydrogen) atoms. The van der Waals surface area contributed by atoms with Crippen LogP contribution in [-0.2, 0) is 16.7 Å². The second kappa shape index (κ2) is 8.58. The van der Waals surface area contributed by atoms with Crippen molar-refractivity contribution < 1.29 is 17.4 Å². The van der Waals surface area contributed by atoms with Crippen molar-refractivity contribution in [3.63, 3.8) is 0 Å². The van der Waals surface area contributed by atoms with Crippen molar-refractivity contribution in [2.24, 2.45) is 5.92 Å². The van der Waals surface area contributed by atoms with E-state index in [1.807, 2.05) is 27.7 Å². The Labute approximate surface area is 149 Å². The first-order valence-corrected chi connectivity index (χ1v) is 9.90. The van der Waals surface area contributed by atoms with E-state index in [1.165, 1.54) is 6.07 Å². The lowest BCUT2D eigenvalue weighted by Gasteiger charge is -2.27. The molecule has 2 amide bonds. The van der Waals surface area contributed by atoms with Gasteiger partial charge in [0.05, 0.1) is 12.8 Å². The molecule has 0 atom stereocenters. The van der Waals surface area contributed by atoms with Crippen LogP contribution in [0.5, 0.6) is 5.75 Å². The molecule has 0 bridgehead atoms. The normalized spacial score (nSPS) is 11.7. The van der Waals surface area contributed by atoms with E-state index in [2.05, 4.69) is 5.32 Å². The molecule has 0 radical (unpaired) electrons. The summed E-state index contributed by atoms with van der Waals surface area (Å²) in [5.74, 6) is 0.425. The third-order valence-corrected chi connectivity index (χ3v) is 3.63. The third kappa shape index (κ3) is 7.40. The number of rotatable bonds is 7. The van der Waals surface area contributed by atoms with Crippen LogP contribution in [-0.4, -0.2) is 38.2 Å². The molecule has 0 aromatic heterocycles. The standard InChI is InChI=1S/C16H25ClN2O4S/c1-11(2)9-19(16(20)18-12(3)4)10-13-8-14(17)6-7-15(13)23-24(5,21)22/h6-8,11-12H,9-10H2,1-5H3,(H,18,20). The second-order valence-corrected chi connectivity index (χ2v) is 8.43. The van der Waals surface area contributed by atoms with Crippen LogP contribution in [0.15, 0.2) is 18.2 Å². The summed E-state index contributed by atoms with van der Waals surface area (Å²) in [6.45, 7) is 8.47. The minimum Gasteiger partial charge on any atom is -0.382 e. The minimum absolute atomic E-state index is 0.00161. The number of amides is 2. The van der Waals surface area contributed by atoms with Crippen molar-refractivity contribution in [2.45, 2.75) is 40.3 Å². The summed E-state index contributed by atoms with van der Waals surface area (Å²) in [5.41, 5.74) is 0.535. The fourth-order valence-corrected chi connectivity index (χ4v) is 2.80. The lowest BCUT2D eigenvalue weighted by atomic mass is 10.1. The molecule has 1 aromatic rings. The van der Waals surface area contributed by atoms with Gasteiger partial charge in [-0.3, -0.25) is 0 Å². The summed E-state index contributed by atoms with van der Waals surface area (Å²) >= 11 is 6.02. The summed E-state index contributed by atoms with van der Waals surface area (Å²) in [6, 6.07) is 4.43. The zero-order chi connectivity index (χ0) is 18.5. The largest absolute Gasteiger partial charge is 0.382 e.